The third-order valence-electron chi connectivity index (χ3n) is 3.40. The van der Waals surface area contributed by atoms with E-state index in [0.717, 1.165) is 16.8 Å². The second kappa shape index (κ2) is 7.05. The van der Waals surface area contributed by atoms with E-state index in [0.29, 0.717) is 6.04 Å². The molecule has 1 aromatic carbocycles. The zero-order valence-corrected chi connectivity index (χ0v) is 14.6. The number of halogens is 1. The number of anilines is 2. The summed E-state index contributed by atoms with van der Waals surface area (Å²) >= 11 is 3.51. The first-order valence-electron chi connectivity index (χ1n) is 7.16. The number of rotatable bonds is 5. The molecule has 3 nitrogen and oxygen atoms in total. The smallest absolute Gasteiger partial charge is 0.137 e. The fraction of sp³-hybridized carbons (Fsp3) is 0.353. The standard InChI is InChI=1S/C17H22BrN3/c1-12(2)19-10-14-9-15(18)11-20-17(14)21(4)16-8-6-5-7-13(16)3/h5-9,11-12,19H,10H2,1-4H3. The molecule has 0 bridgehead atoms. The summed E-state index contributed by atoms with van der Waals surface area (Å²) in [5, 5.41) is 3.46. The van der Waals surface area contributed by atoms with Crippen LogP contribution >= 0.6 is 15.9 Å². The monoisotopic (exact) mass is 347 g/mol. The third kappa shape index (κ3) is 4.05. The van der Waals surface area contributed by atoms with E-state index in [-0.39, 0.29) is 0 Å². The quantitative estimate of drug-likeness (QED) is 0.867. The van der Waals surface area contributed by atoms with Crippen LogP contribution in [0.5, 0.6) is 0 Å². The molecule has 4 heteroatoms. The minimum atomic E-state index is 0.445. The molecule has 0 saturated heterocycles. The van der Waals surface area contributed by atoms with E-state index in [1.807, 2.05) is 6.20 Å². The van der Waals surface area contributed by atoms with E-state index in [1.165, 1.54) is 16.8 Å². The molecule has 112 valence electrons. The molecule has 1 heterocycles. The van der Waals surface area contributed by atoms with Crippen molar-refractivity contribution in [2.45, 2.75) is 33.4 Å². The second-order valence-corrected chi connectivity index (χ2v) is 6.43. The highest BCUT2D eigenvalue weighted by Crippen LogP contribution is 2.29. The van der Waals surface area contributed by atoms with Crippen molar-refractivity contribution in [1.82, 2.24) is 10.3 Å². The predicted molar refractivity (Wildman–Crippen MR) is 93.2 cm³/mol. The molecule has 0 fully saturated rings. The van der Waals surface area contributed by atoms with Crippen LogP contribution in [0.2, 0.25) is 0 Å². The van der Waals surface area contributed by atoms with Gasteiger partial charge in [-0.25, -0.2) is 4.98 Å². The molecule has 0 aliphatic carbocycles. The molecule has 0 aliphatic rings. The van der Waals surface area contributed by atoms with Gasteiger partial charge in [0.05, 0.1) is 0 Å². The Balaban J connectivity index is 2.36. The summed E-state index contributed by atoms with van der Waals surface area (Å²) in [4.78, 5) is 6.76. The van der Waals surface area contributed by atoms with Gasteiger partial charge in [-0.2, -0.15) is 0 Å². The first-order valence-corrected chi connectivity index (χ1v) is 7.95. The predicted octanol–water partition coefficient (Wildman–Crippen LogP) is 4.42. The van der Waals surface area contributed by atoms with Crippen molar-refractivity contribution in [2.24, 2.45) is 0 Å². The van der Waals surface area contributed by atoms with Crippen LogP contribution in [0.3, 0.4) is 0 Å². The molecule has 2 rings (SSSR count). The van der Waals surface area contributed by atoms with Crippen LogP contribution in [-0.2, 0) is 6.54 Å². The summed E-state index contributed by atoms with van der Waals surface area (Å²) < 4.78 is 1.00. The maximum absolute atomic E-state index is 4.61. The Bertz CT molecular complexity index is 611. The molecule has 0 atom stereocenters. The first-order chi connectivity index (χ1) is 9.99. The van der Waals surface area contributed by atoms with E-state index in [4.69, 9.17) is 0 Å². The van der Waals surface area contributed by atoms with Crippen LogP contribution in [0.1, 0.15) is 25.0 Å². The number of aryl methyl sites for hydroxylation is 1. The lowest BCUT2D eigenvalue weighted by atomic mass is 10.1. The van der Waals surface area contributed by atoms with Crippen molar-refractivity contribution in [3.05, 3.63) is 52.1 Å². The average molecular weight is 348 g/mol. The maximum Gasteiger partial charge on any atom is 0.137 e. The minimum Gasteiger partial charge on any atom is -0.329 e. The highest BCUT2D eigenvalue weighted by atomic mass is 79.9. The van der Waals surface area contributed by atoms with Crippen molar-refractivity contribution in [1.29, 1.82) is 0 Å². The Labute approximate surface area is 135 Å². The molecule has 0 spiro atoms. The molecular formula is C17H22BrN3. The van der Waals surface area contributed by atoms with E-state index in [2.05, 4.69) is 89.3 Å². The number of benzene rings is 1. The van der Waals surface area contributed by atoms with Crippen molar-refractivity contribution in [3.8, 4) is 0 Å². The lowest BCUT2D eigenvalue weighted by molar-refractivity contribution is 0.588. The number of aromatic nitrogens is 1. The summed E-state index contributed by atoms with van der Waals surface area (Å²) in [6.07, 6.45) is 1.85. The lowest BCUT2D eigenvalue weighted by Crippen LogP contribution is -2.24. The second-order valence-electron chi connectivity index (χ2n) is 5.52. The molecule has 0 aliphatic heterocycles. The summed E-state index contributed by atoms with van der Waals surface area (Å²) in [5.74, 6) is 0.987. The number of hydrogen-bond acceptors (Lipinski definition) is 3. The number of para-hydroxylation sites is 1. The van der Waals surface area contributed by atoms with Crippen LogP contribution in [-0.4, -0.2) is 18.1 Å². The normalized spacial score (nSPS) is 11.0. The summed E-state index contributed by atoms with van der Waals surface area (Å²) in [5.41, 5.74) is 3.61. The Morgan fingerprint density at radius 3 is 2.67 bits per heavy atom. The van der Waals surface area contributed by atoms with E-state index in [9.17, 15) is 0 Å². The Morgan fingerprint density at radius 1 is 1.29 bits per heavy atom. The van der Waals surface area contributed by atoms with Crippen LogP contribution in [0, 0.1) is 6.92 Å². The van der Waals surface area contributed by atoms with Gasteiger partial charge in [0.15, 0.2) is 0 Å². The molecule has 2 aromatic rings. The first kappa shape index (κ1) is 16.0. The fourth-order valence-corrected chi connectivity index (χ4v) is 2.65. The summed E-state index contributed by atoms with van der Waals surface area (Å²) in [6, 6.07) is 10.9. The minimum absolute atomic E-state index is 0.445. The Morgan fingerprint density at radius 2 is 2.00 bits per heavy atom. The van der Waals surface area contributed by atoms with Gasteiger partial charge in [-0.15, -0.1) is 0 Å². The van der Waals surface area contributed by atoms with E-state index in [1.54, 1.807) is 0 Å². The van der Waals surface area contributed by atoms with Crippen molar-refractivity contribution < 1.29 is 0 Å². The van der Waals surface area contributed by atoms with Crippen LogP contribution in [0.25, 0.3) is 0 Å². The fourth-order valence-electron chi connectivity index (χ4n) is 2.27. The van der Waals surface area contributed by atoms with Gasteiger partial charge >= 0.3 is 0 Å². The zero-order chi connectivity index (χ0) is 15.4. The molecule has 0 saturated carbocycles. The van der Waals surface area contributed by atoms with Crippen LogP contribution in [0.4, 0.5) is 11.5 Å². The summed E-state index contributed by atoms with van der Waals surface area (Å²) in [6.45, 7) is 7.22. The van der Waals surface area contributed by atoms with Gasteiger partial charge in [-0.3, -0.25) is 0 Å². The molecule has 0 unspecified atom stereocenters. The zero-order valence-electron chi connectivity index (χ0n) is 13.0. The van der Waals surface area contributed by atoms with Gasteiger partial charge in [-0.1, -0.05) is 32.0 Å². The number of pyridine rings is 1. The SMILES string of the molecule is Cc1ccccc1N(C)c1ncc(Br)cc1CNC(C)C. The number of nitrogens with one attached hydrogen (secondary N) is 1. The van der Waals surface area contributed by atoms with Gasteiger partial charge in [-0.05, 0) is 40.5 Å². The van der Waals surface area contributed by atoms with Gasteiger partial charge < -0.3 is 10.2 Å². The summed E-state index contributed by atoms with van der Waals surface area (Å²) in [7, 11) is 2.07. The molecule has 1 N–H and O–H groups in total. The van der Waals surface area contributed by atoms with E-state index >= 15 is 0 Å². The van der Waals surface area contributed by atoms with Gasteiger partial charge in [0.2, 0.25) is 0 Å². The largest absolute Gasteiger partial charge is 0.329 e. The Kier molecular flexibility index (Phi) is 5.37. The highest BCUT2D eigenvalue weighted by Gasteiger charge is 2.13. The third-order valence-corrected chi connectivity index (χ3v) is 3.84. The van der Waals surface area contributed by atoms with Crippen molar-refractivity contribution >= 4 is 27.4 Å². The Hall–Kier alpha value is -1.39. The number of nitrogens with zero attached hydrogens (tertiary/aromatic N) is 2. The molecule has 0 amide bonds. The van der Waals surface area contributed by atoms with E-state index < -0.39 is 0 Å². The molecule has 1 aromatic heterocycles. The topological polar surface area (TPSA) is 28.2 Å². The maximum atomic E-state index is 4.61. The average Bonchev–Trinajstić information content (AvgIpc) is 2.45. The number of hydrogen-bond donors (Lipinski definition) is 1. The molecule has 21 heavy (non-hydrogen) atoms. The highest BCUT2D eigenvalue weighted by molar-refractivity contribution is 9.10. The van der Waals surface area contributed by atoms with Crippen LogP contribution < -0.4 is 10.2 Å². The van der Waals surface area contributed by atoms with Crippen molar-refractivity contribution in [2.75, 3.05) is 11.9 Å². The van der Waals surface area contributed by atoms with Gasteiger partial charge in [0.25, 0.3) is 0 Å². The molecule has 0 radical (unpaired) electrons. The lowest BCUT2D eigenvalue weighted by Gasteiger charge is -2.23. The van der Waals surface area contributed by atoms with Gasteiger partial charge in [0.1, 0.15) is 5.82 Å². The van der Waals surface area contributed by atoms with Crippen LogP contribution in [0.15, 0.2) is 41.0 Å². The molecular weight excluding hydrogens is 326 g/mol. The van der Waals surface area contributed by atoms with Crippen molar-refractivity contribution in [3.63, 3.8) is 0 Å². The van der Waals surface area contributed by atoms with Gasteiger partial charge in [0, 0.05) is 41.6 Å².